The van der Waals surface area contributed by atoms with Gasteiger partial charge in [-0.3, -0.25) is 4.79 Å². The molecule has 0 aliphatic carbocycles. The Morgan fingerprint density at radius 3 is 2.31 bits per heavy atom. The van der Waals surface area contributed by atoms with Crippen molar-refractivity contribution in [1.82, 2.24) is 10.0 Å². The van der Waals surface area contributed by atoms with Crippen LogP contribution >= 0.6 is 0 Å². The van der Waals surface area contributed by atoms with Gasteiger partial charge in [-0.05, 0) is 43.2 Å². The van der Waals surface area contributed by atoms with E-state index in [1.54, 1.807) is 55.6 Å². The maximum atomic E-state index is 12.3. The van der Waals surface area contributed by atoms with E-state index in [9.17, 15) is 13.2 Å². The topological polar surface area (TPSA) is 84.5 Å². The highest BCUT2D eigenvalue weighted by Crippen LogP contribution is 2.11. The average molecular weight is 376 g/mol. The molecule has 0 aliphatic heterocycles. The predicted octanol–water partition coefficient (Wildman–Crippen LogP) is 2.24. The van der Waals surface area contributed by atoms with Crippen LogP contribution in [0.1, 0.15) is 27.9 Å². The first kappa shape index (κ1) is 20.1. The van der Waals surface area contributed by atoms with Crippen molar-refractivity contribution in [2.45, 2.75) is 24.8 Å². The number of carbonyl (C=O) groups is 1. The van der Waals surface area contributed by atoms with E-state index in [0.717, 1.165) is 17.5 Å². The molecule has 7 heteroatoms. The van der Waals surface area contributed by atoms with Crippen LogP contribution in [0.5, 0.6) is 0 Å². The van der Waals surface area contributed by atoms with E-state index in [2.05, 4.69) is 10.0 Å². The Morgan fingerprint density at radius 2 is 1.69 bits per heavy atom. The van der Waals surface area contributed by atoms with Crippen molar-refractivity contribution in [3.05, 3.63) is 65.2 Å². The van der Waals surface area contributed by atoms with Crippen molar-refractivity contribution in [2.24, 2.45) is 0 Å². The SMILES string of the molecule is COCCCNC(=O)c1ccc(CNS(=O)(=O)c2ccc(C)cc2)cc1. The van der Waals surface area contributed by atoms with Gasteiger partial charge in [-0.15, -0.1) is 0 Å². The van der Waals surface area contributed by atoms with E-state index in [-0.39, 0.29) is 17.3 Å². The molecule has 0 aromatic heterocycles. The molecule has 0 saturated heterocycles. The lowest BCUT2D eigenvalue weighted by Crippen LogP contribution is -2.25. The summed E-state index contributed by atoms with van der Waals surface area (Å²) in [5.41, 5.74) is 2.31. The molecule has 0 radical (unpaired) electrons. The summed E-state index contributed by atoms with van der Waals surface area (Å²) in [6, 6.07) is 13.5. The van der Waals surface area contributed by atoms with Crippen LogP contribution in [0, 0.1) is 6.92 Å². The largest absolute Gasteiger partial charge is 0.385 e. The van der Waals surface area contributed by atoms with Gasteiger partial charge in [-0.1, -0.05) is 29.8 Å². The zero-order chi connectivity index (χ0) is 19.0. The minimum Gasteiger partial charge on any atom is -0.385 e. The molecule has 6 nitrogen and oxygen atoms in total. The lowest BCUT2D eigenvalue weighted by molar-refractivity contribution is 0.0948. The Kier molecular flexibility index (Phi) is 7.32. The summed E-state index contributed by atoms with van der Waals surface area (Å²) < 4.78 is 32.1. The number of sulfonamides is 1. The van der Waals surface area contributed by atoms with E-state index in [0.29, 0.717) is 18.7 Å². The standard InChI is InChI=1S/C19H24N2O4S/c1-15-4-10-18(11-5-15)26(23,24)21-14-16-6-8-17(9-7-16)19(22)20-12-3-13-25-2/h4-11,21H,3,12-14H2,1-2H3,(H,20,22). The summed E-state index contributed by atoms with van der Waals surface area (Å²) in [4.78, 5) is 12.2. The predicted molar refractivity (Wildman–Crippen MR) is 100 cm³/mol. The van der Waals surface area contributed by atoms with E-state index < -0.39 is 10.0 Å². The Balaban J connectivity index is 1.90. The van der Waals surface area contributed by atoms with Crippen molar-refractivity contribution in [1.29, 1.82) is 0 Å². The Labute approximate surface area is 154 Å². The fourth-order valence-electron chi connectivity index (χ4n) is 2.27. The minimum absolute atomic E-state index is 0.159. The highest BCUT2D eigenvalue weighted by Gasteiger charge is 2.13. The quantitative estimate of drug-likeness (QED) is 0.658. The van der Waals surface area contributed by atoms with Crippen molar-refractivity contribution in [3.8, 4) is 0 Å². The van der Waals surface area contributed by atoms with Crippen LogP contribution in [-0.4, -0.2) is 34.6 Å². The molecule has 0 fully saturated rings. The maximum absolute atomic E-state index is 12.3. The normalized spacial score (nSPS) is 11.3. The third kappa shape index (κ3) is 5.94. The van der Waals surface area contributed by atoms with E-state index in [1.165, 1.54) is 0 Å². The first-order valence-electron chi connectivity index (χ1n) is 8.35. The van der Waals surface area contributed by atoms with Crippen molar-refractivity contribution in [3.63, 3.8) is 0 Å². The lowest BCUT2D eigenvalue weighted by atomic mass is 10.1. The molecule has 2 aromatic rings. The highest BCUT2D eigenvalue weighted by atomic mass is 32.2. The molecule has 2 aromatic carbocycles. The van der Waals surface area contributed by atoms with Crippen LogP contribution in [0.2, 0.25) is 0 Å². The smallest absolute Gasteiger partial charge is 0.251 e. The summed E-state index contributed by atoms with van der Waals surface area (Å²) in [6.45, 7) is 3.20. The molecule has 1 amide bonds. The van der Waals surface area contributed by atoms with Gasteiger partial charge in [0, 0.05) is 32.4 Å². The number of hydrogen-bond donors (Lipinski definition) is 2. The van der Waals surface area contributed by atoms with Crippen molar-refractivity contribution >= 4 is 15.9 Å². The molecule has 0 unspecified atom stereocenters. The van der Waals surface area contributed by atoms with Gasteiger partial charge in [-0.2, -0.15) is 0 Å². The Bertz CT molecular complexity index is 816. The van der Waals surface area contributed by atoms with E-state index in [1.807, 2.05) is 6.92 Å². The molecule has 0 bridgehead atoms. The van der Waals surface area contributed by atoms with Crippen LogP contribution in [-0.2, 0) is 21.3 Å². The van der Waals surface area contributed by atoms with Crippen molar-refractivity contribution in [2.75, 3.05) is 20.3 Å². The number of methoxy groups -OCH3 is 1. The first-order chi connectivity index (χ1) is 12.4. The Hall–Kier alpha value is -2.22. The molecule has 0 aliphatic rings. The van der Waals surface area contributed by atoms with Gasteiger partial charge < -0.3 is 10.1 Å². The molecule has 0 heterocycles. The number of carbonyl (C=O) groups excluding carboxylic acids is 1. The molecule has 2 N–H and O–H groups in total. The lowest BCUT2D eigenvalue weighted by Gasteiger charge is -2.08. The van der Waals surface area contributed by atoms with Gasteiger partial charge in [0.15, 0.2) is 0 Å². The summed E-state index contributed by atoms with van der Waals surface area (Å²) in [5.74, 6) is -0.159. The summed E-state index contributed by atoms with van der Waals surface area (Å²) in [5, 5.41) is 2.81. The van der Waals surface area contributed by atoms with Gasteiger partial charge in [-0.25, -0.2) is 13.1 Å². The van der Waals surface area contributed by atoms with E-state index >= 15 is 0 Å². The van der Waals surface area contributed by atoms with E-state index in [4.69, 9.17) is 4.74 Å². The maximum Gasteiger partial charge on any atom is 0.251 e. The zero-order valence-electron chi connectivity index (χ0n) is 15.0. The molecule has 140 valence electrons. The number of aryl methyl sites for hydroxylation is 1. The van der Waals surface area contributed by atoms with Gasteiger partial charge in [0.25, 0.3) is 5.91 Å². The molecule has 26 heavy (non-hydrogen) atoms. The second kappa shape index (κ2) is 9.47. The third-order valence-corrected chi connectivity index (χ3v) is 5.24. The number of benzene rings is 2. The number of amides is 1. The summed E-state index contributed by atoms with van der Waals surface area (Å²) in [6.07, 6.45) is 0.751. The summed E-state index contributed by atoms with van der Waals surface area (Å²) >= 11 is 0. The van der Waals surface area contributed by atoms with Crippen LogP contribution in [0.15, 0.2) is 53.4 Å². The first-order valence-corrected chi connectivity index (χ1v) is 9.83. The van der Waals surface area contributed by atoms with Gasteiger partial charge >= 0.3 is 0 Å². The summed E-state index contributed by atoms with van der Waals surface area (Å²) in [7, 11) is -1.94. The second-order valence-corrected chi connectivity index (χ2v) is 7.70. The Morgan fingerprint density at radius 1 is 1.04 bits per heavy atom. The molecular formula is C19H24N2O4S. The van der Waals surface area contributed by atoms with Crippen LogP contribution in [0.3, 0.4) is 0 Å². The molecule has 0 atom stereocenters. The van der Waals surface area contributed by atoms with Crippen LogP contribution in [0.25, 0.3) is 0 Å². The fraction of sp³-hybridized carbons (Fsp3) is 0.316. The van der Waals surface area contributed by atoms with Gasteiger partial charge in [0.1, 0.15) is 0 Å². The number of hydrogen-bond acceptors (Lipinski definition) is 4. The fourth-order valence-corrected chi connectivity index (χ4v) is 3.29. The molecule has 2 rings (SSSR count). The number of ether oxygens (including phenoxy) is 1. The van der Waals surface area contributed by atoms with Crippen molar-refractivity contribution < 1.29 is 17.9 Å². The highest BCUT2D eigenvalue weighted by molar-refractivity contribution is 7.89. The van der Waals surface area contributed by atoms with Crippen LogP contribution < -0.4 is 10.0 Å². The van der Waals surface area contributed by atoms with Gasteiger partial charge in [0.2, 0.25) is 10.0 Å². The molecule has 0 spiro atoms. The van der Waals surface area contributed by atoms with Gasteiger partial charge in [0.05, 0.1) is 4.90 Å². The molecular weight excluding hydrogens is 352 g/mol. The number of rotatable bonds is 9. The minimum atomic E-state index is -3.56. The monoisotopic (exact) mass is 376 g/mol. The van der Waals surface area contributed by atoms with Crippen LogP contribution in [0.4, 0.5) is 0 Å². The number of nitrogens with one attached hydrogen (secondary N) is 2. The second-order valence-electron chi connectivity index (χ2n) is 5.94. The average Bonchev–Trinajstić information content (AvgIpc) is 2.64. The zero-order valence-corrected chi connectivity index (χ0v) is 15.8. The molecule has 0 saturated carbocycles. The third-order valence-electron chi connectivity index (χ3n) is 3.82.